The van der Waals surface area contributed by atoms with Crippen LogP contribution in [0.15, 0.2) is 53.0 Å². The van der Waals surface area contributed by atoms with Crippen molar-refractivity contribution in [3.05, 3.63) is 54.1 Å². The maximum absolute atomic E-state index is 10.8. The largest absolute Gasteiger partial charge is 0.456 e. The molecule has 1 heterocycles. The molecule has 0 unspecified atom stereocenters. The van der Waals surface area contributed by atoms with Gasteiger partial charge in [0.25, 0.3) is 0 Å². The maximum Gasteiger partial charge on any atom is 0.216 e. The highest BCUT2D eigenvalue weighted by Crippen LogP contribution is 2.29. The zero-order valence-corrected chi connectivity index (χ0v) is 11.9. The summed E-state index contributed by atoms with van der Waals surface area (Å²) in [6.45, 7) is 2.20. The molecule has 0 fully saturated rings. The van der Waals surface area contributed by atoms with Crippen LogP contribution in [0.25, 0.3) is 28.0 Å². The maximum atomic E-state index is 10.8. The minimum atomic E-state index is 0.00897. The molecule has 0 aliphatic heterocycles. The Balaban J connectivity index is 1.82. The molecular formula is C18H17NO2. The van der Waals surface area contributed by atoms with Crippen LogP contribution in [0.3, 0.4) is 0 Å². The lowest BCUT2D eigenvalue weighted by Gasteiger charge is -1.97. The zero-order chi connectivity index (χ0) is 14.7. The summed E-state index contributed by atoms with van der Waals surface area (Å²) in [5, 5.41) is 5.05. The van der Waals surface area contributed by atoms with Crippen molar-refractivity contribution in [2.75, 3.05) is 6.54 Å². The molecule has 106 valence electrons. The van der Waals surface area contributed by atoms with Gasteiger partial charge in [-0.15, -0.1) is 0 Å². The lowest BCUT2D eigenvalue weighted by molar-refractivity contribution is -0.118. The molecule has 1 N–H and O–H groups in total. The van der Waals surface area contributed by atoms with Gasteiger partial charge in [-0.1, -0.05) is 36.4 Å². The van der Waals surface area contributed by atoms with Crippen LogP contribution in [-0.2, 0) is 4.79 Å². The molecule has 3 heteroatoms. The van der Waals surface area contributed by atoms with Gasteiger partial charge in [0.1, 0.15) is 11.2 Å². The third-order valence-electron chi connectivity index (χ3n) is 3.40. The average Bonchev–Trinajstić information content (AvgIpc) is 2.84. The summed E-state index contributed by atoms with van der Waals surface area (Å²) < 4.78 is 5.81. The van der Waals surface area contributed by atoms with Gasteiger partial charge < -0.3 is 9.73 Å². The summed E-state index contributed by atoms with van der Waals surface area (Å²) >= 11 is 0. The Hall–Kier alpha value is -2.55. The second-order valence-electron chi connectivity index (χ2n) is 5.03. The predicted molar refractivity (Wildman–Crippen MR) is 86.1 cm³/mol. The number of hydrogen-bond donors (Lipinski definition) is 1. The third kappa shape index (κ3) is 2.97. The third-order valence-corrected chi connectivity index (χ3v) is 3.40. The Labute approximate surface area is 123 Å². The standard InChI is InChI=1S/C18H17NO2/c1-13(20)19-11-5-4-6-14-9-10-18-16(12-14)15-7-2-3-8-17(15)21-18/h2-4,6-10,12H,5,11H2,1H3,(H,19,20). The topological polar surface area (TPSA) is 42.2 Å². The lowest BCUT2D eigenvalue weighted by Crippen LogP contribution is -2.20. The van der Waals surface area contributed by atoms with Gasteiger partial charge in [0.15, 0.2) is 0 Å². The molecule has 1 amide bonds. The fourth-order valence-corrected chi connectivity index (χ4v) is 2.40. The smallest absolute Gasteiger partial charge is 0.216 e. The fraction of sp³-hybridized carbons (Fsp3) is 0.167. The van der Waals surface area contributed by atoms with E-state index in [1.54, 1.807) is 0 Å². The van der Waals surface area contributed by atoms with Crippen LogP contribution < -0.4 is 5.32 Å². The molecular weight excluding hydrogens is 262 g/mol. The van der Waals surface area contributed by atoms with E-state index < -0.39 is 0 Å². The normalized spacial score (nSPS) is 11.5. The second kappa shape index (κ2) is 5.83. The van der Waals surface area contributed by atoms with Gasteiger partial charge in [-0.2, -0.15) is 0 Å². The molecule has 0 saturated heterocycles. The molecule has 3 nitrogen and oxygen atoms in total. The first kappa shape index (κ1) is 13.4. The van der Waals surface area contributed by atoms with Crippen molar-refractivity contribution in [1.29, 1.82) is 0 Å². The first-order valence-corrected chi connectivity index (χ1v) is 7.06. The molecule has 0 aliphatic rings. The Morgan fingerprint density at radius 2 is 1.95 bits per heavy atom. The second-order valence-corrected chi connectivity index (χ2v) is 5.03. The van der Waals surface area contributed by atoms with Crippen molar-refractivity contribution in [1.82, 2.24) is 5.32 Å². The predicted octanol–water partition coefficient (Wildman–Crippen LogP) is 4.13. The highest BCUT2D eigenvalue weighted by Gasteiger charge is 2.05. The molecule has 3 rings (SSSR count). The minimum Gasteiger partial charge on any atom is -0.456 e. The van der Waals surface area contributed by atoms with Gasteiger partial charge in [-0.05, 0) is 30.2 Å². The molecule has 2 aromatic carbocycles. The van der Waals surface area contributed by atoms with Crippen molar-refractivity contribution >= 4 is 33.9 Å². The number of benzene rings is 2. The van der Waals surface area contributed by atoms with E-state index >= 15 is 0 Å². The molecule has 0 aliphatic carbocycles. The molecule has 0 radical (unpaired) electrons. The Bertz CT molecular complexity index is 814. The lowest BCUT2D eigenvalue weighted by atomic mass is 10.1. The van der Waals surface area contributed by atoms with Crippen LogP contribution >= 0.6 is 0 Å². The van der Waals surface area contributed by atoms with E-state index in [4.69, 9.17) is 4.42 Å². The molecule has 0 spiro atoms. The number of rotatable bonds is 4. The van der Waals surface area contributed by atoms with Gasteiger partial charge in [-0.3, -0.25) is 4.79 Å². The Morgan fingerprint density at radius 1 is 1.14 bits per heavy atom. The number of hydrogen-bond acceptors (Lipinski definition) is 2. The zero-order valence-electron chi connectivity index (χ0n) is 11.9. The summed E-state index contributed by atoms with van der Waals surface area (Å²) in [7, 11) is 0. The Morgan fingerprint density at radius 3 is 2.81 bits per heavy atom. The van der Waals surface area contributed by atoms with Gasteiger partial charge in [0.05, 0.1) is 0 Å². The van der Waals surface area contributed by atoms with E-state index in [0.29, 0.717) is 6.54 Å². The van der Waals surface area contributed by atoms with Crippen molar-refractivity contribution in [2.45, 2.75) is 13.3 Å². The van der Waals surface area contributed by atoms with E-state index in [2.05, 4.69) is 29.6 Å². The van der Waals surface area contributed by atoms with Crippen molar-refractivity contribution in [3.63, 3.8) is 0 Å². The number of fused-ring (bicyclic) bond motifs is 3. The van der Waals surface area contributed by atoms with Crippen LogP contribution in [0.5, 0.6) is 0 Å². The van der Waals surface area contributed by atoms with Crippen molar-refractivity contribution in [3.8, 4) is 0 Å². The van der Waals surface area contributed by atoms with Crippen LogP contribution in [-0.4, -0.2) is 12.5 Å². The molecule has 21 heavy (non-hydrogen) atoms. The SMILES string of the molecule is CC(=O)NCCC=Cc1ccc2oc3ccccc3c2c1. The van der Waals surface area contributed by atoms with Gasteiger partial charge >= 0.3 is 0 Å². The van der Waals surface area contributed by atoms with Crippen LogP contribution in [0.2, 0.25) is 0 Å². The van der Waals surface area contributed by atoms with E-state index in [0.717, 1.165) is 33.9 Å². The summed E-state index contributed by atoms with van der Waals surface area (Å²) in [5.41, 5.74) is 2.96. The van der Waals surface area contributed by atoms with Gasteiger partial charge in [0, 0.05) is 24.2 Å². The van der Waals surface area contributed by atoms with Crippen LogP contribution in [0.1, 0.15) is 18.9 Å². The van der Waals surface area contributed by atoms with Crippen LogP contribution in [0.4, 0.5) is 0 Å². The number of carbonyl (C=O) groups is 1. The monoisotopic (exact) mass is 279 g/mol. The molecule has 1 aromatic heterocycles. The van der Waals surface area contributed by atoms with Crippen molar-refractivity contribution < 1.29 is 9.21 Å². The minimum absolute atomic E-state index is 0.00897. The van der Waals surface area contributed by atoms with E-state index in [1.165, 1.54) is 6.92 Å². The number of amides is 1. The molecule has 0 bridgehead atoms. The van der Waals surface area contributed by atoms with Gasteiger partial charge in [-0.25, -0.2) is 0 Å². The number of furan rings is 1. The summed E-state index contributed by atoms with van der Waals surface area (Å²) in [6, 6.07) is 14.2. The van der Waals surface area contributed by atoms with E-state index in [-0.39, 0.29) is 5.91 Å². The number of nitrogens with one attached hydrogen (secondary N) is 1. The van der Waals surface area contributed by atoms with E-state index in [9.17, 15) is 4.79 Å². The molecule has 0 atom stereocenters. The molecule has 3 aromatic rings. The summed E-state index contributed by atoms with van der Waals surface area (Å²) in [5.74, 6) is 0.00897. The van der Waals surface area contributed by atoms with E-state index in [1.807, 2.05) is 30.3 Å². The number of para-hydroxylation sites is 1. The van der Waals surface area contributed by atoms with Crippen molar-refractivity contribution in [2.24, 2.45) is 0 Å². The highest BCUT2D eigenvalue weighted by atomic mass is 16.3. The highest BCUT2D eigenvalue weighted by molar-refractivity contribution is 6.05. The molecule has 0 saturated carbocycles. The first-order valence-electron chi connectivity index (χ1n) is 7.06. The summed E-state index contributed by atoms with van der Waals surface area (Å²) in [6.07, 6.45) is 4.96. The quantitative estimate of drug-likeness (QED) is 0.730. The average molecular weight is 279 g/mol. The fourth-order valence-electron chi connectivity index (χ4n) is 2.40. The van der Waals surface area contributed by atoms with Crippen LogP contribution in [0, 0.1) is 0 Å². The summed E-state index contributed by atoms with van der Waals surface area (Å²) in [4.78, 5) is 10.8. The van der Waals surface area contributed by atoms with Gasteiger partial charge in [0.2, 0.25) is 5.91 Å². The number of carbonyl (C=O) groups excluding carboxylic acids is 1. The Kier molecular flexibility index (Phi) is 3.73. The first-order chi connectivity index (χ1) is 10.2.